The third-order valence-electron chi connectivity index (χ3n) is 13.6. The number of benzene rings is 10. The van der Waals surface area contributed by atoms with Crippen molar-refractivity contribution in [3.05, 3.63) is 215 Å². The van der Waals surface area contributed by atoms with Crippen LogP contribution in [-0.4, -0.2) is 0 Å². The molecule has 0 N–H and O–H groups in total. The minimum atomic E-state index is 0.0132. The van der Waals surface area contributed by atoms with Gasteiger partial charge in [0.15, 0.2) is 0 Å². The summed E-state index contributed by atoms with van der Waals surface area (Å²) in [6.45, 7) is 15.8. The van der Waals surface area contributed by atoms with Crippen molar-refractivity contribution in [2.75, 3.05) is 9.80 Å². The van der Waals surface area contributed by atoms with Gasteiger partial charge in [-0.2, -0.15) is 0 Å². The van der Waals surface area contributed by atoms with Gasteiger partial charge in [-0.25, -0.2) is 0 Å². The van der Waals surface area contributed by atoms with Gasteiger partial charge < -0.3 is 9.80 Å². The maximum absolute atomic E-state index is 2.56. The van der Waals surface area contributed by atoms with Crippen LogP contribution in [0, 0.1) is 27.7 Å². The highest BCUT2D eigenvalue weighted by molar-refractivity contribution is 6.29. The third kappa shape index (κ3) is 6.55. The first-order chi connectivity index (χ1) is 30.5. The normalized spacial score (nSPS) is 12.9. The number of hydrogen-bond donors (Lipinski definition) is 0. The van der Waals surface area contributed by atoms with Gasteiger partial charge in [-0.05, 0) is 142 Å². The Morgan fingerprint density at radius 1 is 0.397 bits per heavy atom. The van der Waals surface area contributed by atoms with E-state index in [0.717, 1.165) is 29.2 Å². The lowest BCUT2D eigenvalue weighted by Crippen LogP contribution is -2.19. The summed E-state index contributed by atoms with van der Waals surface area (Å²) < 4.78 is 0. The quantitative estimate of drug-likeness (QED) is 0.163. The second-order valence-corrected chi connectivity index (χ2v) is 18.9. The molecular weight excluding hydrogens is 761 g/mol. The summed E-state index contributed by atoms with van der Waals surface area (Å²) in [6, 6.07) is 67.0. The summed E-state index contributed by atoms with van der Waals surface area (Å²) in [4.78, 5) is 5.12. The molecule has 0 saturated carbocycles. The molecule has 2 heteroatoms. The highest BCUT2D eigenvalue weighted by Crippen LogP contribution is 2.53. The number of hydrogen-bond acceptors (Lipinski definition) is 2. The molecule has 0 aromatic heterocycles. The van der Waals surface area contributed by atoms with E-state index in [0.29, 0.717) is 0 Å². The predicted octanol–water partition coefficient (Wildman–Crippen LogP) is 17.3. The van der Waals surface area contributed by atoms with Crippen molar-refractivity contribution in [3.63, 3.8) is 0 Å². The molecule has 306 valence electrons. The first-order valence-electron chi connectivity index (χ1n) is 22.4. The van der Waals surface area contributed by atoms with Crippen LogP contribution in [0.3, 0.4) is 0 Å². The summed E-state index contributed by atoms with van der Waals surface area (Å²) in [7, 11) is 0. The van der Waals surface area contributed by atoms with Crippen molar-refractivity contribution < 1.29 is 0 Å². The second kappa shape index (κ2) is 14.7. The van der Waals surface area contributed by atoms with Gasteiger partial charge in [-0.3, -0.25) is 0 Å². The monoisotopic (exact) mass is 812 g/mol. The number of anilines is 6. The van der Waals surface area contributed by atoms with E-state index in [1.807, 2.05) is 0 Å². The molecule has 0 atom stereocenters. The van der Waals surface area contributed by atoms with E-state index in [9.17, 15) is 0 Å². The minimum Gasteiger partial charge on any atom is -0.309 e. The van der Waals surface area contributed by atoms with Gasteiger partial charge in [0.2, 0.25) is 0 Å². The van der Waals surface area contributed by atoms with Gasteiger partial charge in [-0.15, -0.1) is 0 Å². The van der Waals surface area contributed by atoms with Crippen LogP contribution < -0.4 is 9.80 Å². The zero-order chi connectivity index (χ0) is 43.1. The Hall–Kier alpha value is -7.16. The molecular formula is C61H52N2. The van der Waals surface area contributed by atoms with Gasteiger partial charge >= 0.3 is 0 Å². The van der Waals surface area contributed by atoms with Crippen LogP contribution in [0.15, 0.2) is 176 Å². The molecule has 1 heterocycles. The Kier molecular flexibility index (Phi) is 9.07. The lowest BCUT2D eigenvalue weighted by Gasteiger charge is -2.36. The van der Waals surface area contributed by atoms with E-state index < -0.39 is 0 Å². The van der Waals surface area contributed by atoms with Gasteiger partial charge in [0.05, 0.1) is 22.7 Å². The van der Waals surface area contributed by atoms with Crippen molar-refractivity contribution in [3.8, 4) is 22.3 Å². The zero-order valence-corrected chi connectivity index (χ0v) is 37.3. The molecule has 0 aliphatic carbocycles. The first kappa shape index (κ1) is 38.7. The van der Waals surface area contributed by atoms with E-state index >= 15 is 0 Å². The Labute approximate surface area is 372 Å². The van der Waals surface area contributed by atoms with Crippen molar-refractivity contribution >= 4 is 66.4 Å². The van der Waals surface area contributed by atoms with Crippen LogP contribution in [0.25, 0.3) is 54.6 Å². The van der Waals surface area contributed by atoms with Crippen LogP contribution >= 0.6 is 0 Å². The fraction of sp³-hybridized carbons (Fsp3) is 0.148. The van der Waals surface area contributed by atoms with Crippen LogP contribution in [0.2, 0.25) is 0 Å². The molecule has 1 aliphatic rings. The third-order valence-corrected chi connectivity index (χ3v) is 13.6. The van der Waals surface area contributed by atoms with Crippen molar-refractivity contribution in [1.29, 1.82) is 0 Å². The van der Waals surface area contributed by atoms with E-state index in [-0.39, 0.29) is 5.41 Å². The van der Waals surface area contributed by atoms with Crippen molar-refractivity contribution in [1.82, 2.24) is 0 Å². The van der Waals surface area contributed by atoms with E-state index in [1.54, 1.807) is 0 Å². The molecule has 2 nitrogen and oxygen atoms in total. The summed E-state index contributed by atoms with van der Waals surface area (Å²) in [5, 5.41) is 7.63. The van der Waals surface area contributed by atoms with Crippen LogP contribution in [0.1, 0.15) is 59.7 Å². The lowest BCUT2D eigenvalue weighted by molar-refractivity contribution is 0.591. The molecule has 11 rings (SSSR count). The highest BCUT2D eigenvalue weighted by Gasteiger charge is 2.29. The molecule has 0 radical (unpaired) electrons. The smallest absolute Gasteiger partial charge is 0.0561 e. The highest BCUT2D eigenvalue weighted by atomic mass is 15.2. The second-order valence-electron chi connectivity index (χ2n) is 18.9. The summed E-state index contributed by atoms with van der Waals surface area (Å²) in [5.74, 6) is 0. The maximum Gasteiger partial charge on any atom is 0.0561 e. The SMILES string of the molecule is Cc1ccc(N2c3cc(-c4ccccc4C)ccc3Cc3ccc(-c4ccccc4C)cc3N(c3ccc(C)cc3)c3cc2c2ccc4cc(C(C)(C)C)cc5ccc3c2c45)cc1. The summed E-state index contributed by atoms with van der Waals surface area (Å²) in [5.41, 5.74) is 20.8. The molecule has 10 aromatic rings. The minimum absolute atomic E-state index is 0.0132. The zero-order valence-electron chi connectivity index (χ0n) is 37.3. The van der Waals surface area contributed by atoms with Crippen LogP contribution in [0.4, 0.5) is 34.1 Å². The number of nitrogens with zero attached hydrogens (tertiary/aromatic N) is 2. The van der Waals surface area contributed by atoms with Crippen LogP contribution in [0.5, 0.6) is 0 Å². The Bertz CT molecular complexity index is 3170. The number of fused-ring (bicyclic) bond motifs is 6. The average Bonchev–Trinajstić information content (AvgIpc) is 3.28. The molecule has 2 bridgehead atoms. The molecule has 0 amide bonds. The Morgan fingerprint density at radius 2 is 0.841 bits per heavy atom. The lowest BCUT2D eigenvalue weighted by atomic mass is 9.83. The number of aryl methyl sites for hydroxylation is 4. The van der Waals surface area contributed by atoms with Gasteiger partial charge in [0.1, 0.15) is 0 Å². The van der Waals surface area contributed by atoms with E-state index in [4.69, 9.17) is 0 Å². The topological polar surface area (TPSA) is 6.48 Å². The fourth-order valence-corrected chi connectivity index (χ4v) is 10.1. The molecule has 0 unspecified atom stereocenters. The fourth-order valence-electron chi connectivity index (χ4n) is 10.1. The van der Waals surface area contributed by atoms with Gasteiger partial charge in [0, 0.05) is 34.0 Å². The van der Waals surface area contributed by atoms with Crippen LogP contribution in [-0.2, 0) is 11.8 Å². The molecule has 1 aliphatic heterocycles. The van der Waals surface area contributed by atoms with Crippen molar-refractivity contribution in [2.24, 2.45) is 0 Å². The van der Waals surface area contributed by atoms with Gasteiger partial charge in [-0.1, -0.05) is 165 Å². The average molecular weight is 813 g/mol. The standard InChI is InChI=1S/C61H52N2/c1-38-16-26-49(27-17-38)62-55-35-42(51-14-10-8-12-40(51)3)20-22-44(55)32-45-23-21-43(52-15-11-9-13-41(52)4)36-56(45)63(50-28-18-39(2)19-29-50)58-37-57(62)53-30-24-46-33-48(61(5,6)7)34-47-25-31-54(58)60(53)59(46)47/h8-31,33-37H,32H2,1-7H3. The van der Waals surface area contributed by atoms with E-state index in [2.05, 4.69) is 234 Å². The Morgan fingerprint density at radius 3 is 1.27 bits per heavy atom. The largest absolute Gasteiger partial charge is 0.309 e. The van der Waals surface area contributed by atoms with Crippen molar-refractivity contribution in [2.45, 2.75) is 60.3 Å². The predicted molar refractivity (Wildman–Crippen MR) is 271 cm³/mol. The molecule has 0 spiro atoms. The molecule has 0 saturated heterocycles. The molecule has 63 heavy (non-hydrogen) atoms. The van der Waals surface area contributed by atoms with E-state index in [1.165, 1.54) is 105 Å². The molecule has 10 aromatic carbocycles. The molecule has 0 fully saturated rings. The van der Waals surface area contributed by atoms with Gasteiger partial charge in [0.25, 0.3) is 0 Å². The first-order valence-corrected chi connectivity index (χ1v) is 22.4. The number of rotatable bonds is 4. The summed E-state index contributed by atoms with van der Waals surface area (Å²) in [6.07, 6.45) is 0.744. The Balaban J connectivity index is 1.33. The maximum atomic E-state index is 2.56. The summed E-state index contributed by atoms with van der Waals surface area (Å²) >= 11 is 0.